The fraction of sp³-hybridized carbons (Fsp3) is 0.556. The van der Waals surface area contributed by atoms with Gasteiger partial charge in [-0.05, 0) is 30.4 Å². The maximum absolute atomic E-state index is 12.3. The first-order valence-electron chi connectivity index (χ1n) is 8.11. The Morgan fingerprint density at radius 1 is 1.04 bits per heavy atom. The highest BCUT2D eigenvalue weighted by molar-refractivity contribution is 5.92. The SMILES string of the molecule is COc1cc(OC)cc(C(=O)OCC(=O)N2CC(C)CC(C)C2)c1. The van der Waals surface area contributed by atoms with Crippen LogP contribution < -0.4 is 9.47 Å². The second-order valence-electron chi connectivity index (χ2n) is 6.42. The number of methoxy groups -OCH3 is 2. The first-order chi connectivity index (χ1) is 11.4. The molecule has 0 radical (unpaired) electrons. The number of hydrogen-bond donors (Lipinski definition) is 0. The molecule has 1 heterocycles. The van der Waals surface area contributed by atoms with Gasteiger partial charge in [-0.15, -0.1) is 0 Å². The number of ether oxygens (including phenoxy) is 3. The first-order valence-corrected chi connectivity index (χ1v) is 8.11. The fourth-order valence-electron chi connectivity index (χ4n) is 3.09. The van der Waals surface area contributed by atoms with Gasteiger partial charge in [-0.25, -0.2) is 4.79 Å². The summed E-state index contributed by atoms with van der Waals surface area (Å²) in [6.07, 6.45) is 1.12. The quantitative estimate of drug-likeness (QED) is 0.773. The van der Waals surface area contributed by atoms with Gasteiger partial charge >= 0.3 is 5.97 Å². The Morgan fingerprint density at radius 3 is 2.08 bits per heavy atom. The monoisotopic (exact) mass is 335 g/mol. The summed E-state index contributed by atoms with van der Waals surface area (Å²) < 4.78 is 15.4. The zero-order chi connectivity index (χ0) is 17.7. The van der Waals surface area contributed by atoms with Crippen molar-refractivity contribution in [3.8, 4) is 11.5 Å². The largest absolute Gasteiger partial charge is 0.497 e. The number of esters is 1. The van der Waals surface area contributed by atoms with E-state index in [1.54, 1.807) is 23.1 Å². The third-order valence-corrected chi connectivity index (χ3v) is 4.14. The van der Waals surface area contributed by atoms with Crippen LogP contribution in [0.25, 0.3) is 0 Å². The van der Waals surface area contributed by atoms with Gasteiger partial charge < -0.3 is 19.1 Å². The van der Waals surface area contributed by atoms with Crippen LogP contribution in [-0.2, 0) is 9.53 Å². The van der Waals surface area contributed by atoms with Crippen molar-refractivity contribution in [2.45, 2.75) is 20.3 Å². The van der Waals surface area contributed by atoms with Gasteiger partial charge in [0.2, 0.25) is 0 Å². The van der Waals surface area contributed by atoms with Gasteiger partial charge in [-0.1, -0.05) is 13.8 Å². The molecule has 1 saturated heterocycles. The Hall–Kier alpha value is -2.24. The molecular formula is C18H25NO5. The van der Waals surface area contributed by atoms with Gasteiger partial charge in [-0.3, -0.25) is 4.79 Å². The number of nitrogens with zero attached hydrogens (tertiary/aromatic N) is 1. The van der Waals surface area contributed by atoms with Crippen LogP contribution in [0, 0.1) is 11.8 Å². The molecule has 2 unspecified atom stereocenters. The predicted molar refractivity (Wildman–Crippen MR) is 89.4 cm³/mol. The van der Waals surface area contributed by atoms with Gasteiger partial charge in [0.05, 0.1) is 19.8 Å². The van der Waals surface area contributed by atoms with E-state index >= 15 is 0 Å². The lowest BCUT2D eigenvalue weighted by Gasteiger charge is -2.34. The molecule has 2 atom stereocenters. The van der Waals surface area contributed by atoms with Gasteiger partial charge in [0.15, 0.2) is 6.61 Å². The van der Waals surface area contributed by atoms with E-state index in [1.807, 2.05) is 0 Å². The molecule has 0 bridgehead atoms. The normalized spacial score (nSPS) is 20.4. The van der Waals surface area contributed by atoms with Crippen molar-refractivity contribution in [1.29, 1.82) is 0 Å². The lowest BCUT2D eigenvalue weighted by molar-refractivity contribution is -0.137. The van der Waals surface area contributed by atoms with Crippen molar-refractivity contribution in [2.75, 3.05) is 33.9 Å². The molecule has 1 aromatic carbocycles. The average molecular weight is 335 g/mol. The predicted octanol–water partition coefficient (Wildman–Crippen LogP) is 2.37. The standard InChI is InChI=1S/C18H25NO5/c1-12-5-13(2)10-19(9-12)17(20)11-24-18(21)14-6-15(22-3)8-16(7-14)23-4/h6-8,12-13H,5,9-11H2,1-4H3. The maximum atomic E-state index is 12.3. The van der Waals surface area contributed by atoms with Crippen molar-refractivity contribution >= 4 is 11.9 Å². The molecule has 0 aliphatic carbocycles. The number of hydrogen-bond acceptors (Lipinski definition) is 5. The van der Waals surface area contributed by atoms with Crippen LogP contribution in [-0.4, -0.2) is 50.7 Å². The molecule has 132 valence electrons. The zero-order valence-electron chi connectivity index (χ0n) is 14.7. The molecule has 0 spiro atoms. The molecule has 1 aliphatic heterocycles. The molecule has 0 saturated carbocycles. The summed E-state index contributed by atoms with van der Waals surface area (Å²) in [5.74, 6) is 1.19. The van der Waals surface area contributed by atoms with Crippen LogP contribution >= 0.6 is 0 Å². The third kappa shape index (κ3) is 4.63. The number of likely N-dealkylation sites (tertiary alicyclic amines) is 1. The summed E-state index contributed by atoms with van der Waals surface area (Å²) >= 11 is 0. The van der Waals surface area contributed by atoms with Gasteiger partial charge in [0.25, 0.3) is 5.91 Å². The number of piperidine rings is 1. The highest BCUT2D eigenvalue weighted by Gasteiger charge is 2.26. The Labute approximate surface area is 142 Å². The molecule has 0 N–H and O–H groups in total. The summed E-state index contributed by atoms with van der Waals surface area (Å²) in [5.41, 5.74) is 0.291. The van der Waals surface area contributed by atoms with Crippen molar-refractivity contribution in [3.05, 3.63) is 23.8 Å². The topological polar surface area (TPSA) is 65.1 Å². The van der Waals surface area contributed by atoms with E-state index in [1.165, 1.54) is 14.2 Å². The Morgan fingerprint density at radius 2 is 1.58 bits per heavy atom. The lowest BCUT2D eigenvalue weighted by Crippen LogP contribution is -2.44. The van der Waals surface area contributed by atoms with Gasteiger partial charge in [0.1, 0.15) is 11.5 Å². The zero-order valence-corrected chi connectivity index (χ0v) is 14.7. The molecule has 24 heavy (non-hydrogen) atoms. The molecule has 6 heteroatoms. The van der Waals surface area contributed by atoms with Crippen LogP contribution in [0.3, 0.4) is 0 Å². The summed E-state index contributed by atoms with van der Waals surface area (Å²) in [5, 5.41) is 0. The summed E-state index contributed by atoms with van der Waals surface area (Å²) in [6.45, 7) is 5.44. The summed E-state index contributed by atoms with van der Waals surface area (Å²) in [7, 11) is 3.01. The van der Waals surface area contributed by atoms with E-state index in [-0.39, 0.29) is 12.5 Å². The third-order valence-electron chi connectivity index (χ3n) is 4.14. The fourth-order valence-corrected chi connectivity index (χ4v) is 3.09. The van der Waals surface area contributed by atoms with Crippen molar-refractivity contribution < 1.29 is 23.8 Å². The second-order valence-corrected chi connectivity index (χ2v) is 6.42. The molecule has 0 aromatic heterocycles. The molecule has 1 amide bonds. The van der Waals surface area contributed by atoms with E-state index in [2.05, 4.69) is 13.8 Å². The lowest BCUT2D eigenvalue weighted by atomic mass is 9.92. The number of carbonyl (C=O) groups is 2. The molecule has 6 nitrogen and oxygen atoms in total. The highest BCUT2D eigenvalue weighted by atomic mass is 16.5. The summed E-state index contributed by atoms with van der Waals surface area (Å²) in [6, 6.07) is 4.78. The second kappa shape index (κ2) is 8.04. The van der Waals surface area contributed by atoms with E-state index in [0.717, 1.165) is 6.42 Å². The van der Waals surface area contributed by atoms with Gasteiger partial charge in [0, 0.05) is 19.2 Å². The average Bonchev–Trinajstić information content (AvgIpc) is 2.57. The van der Waals surface area contributed by atoms with E-state index < -0.39 is 5.97 Å². The van der Waals surface area contributed by atoms with E-state index in [4.69, 9.17) is 14.2 Å². The van der Waals surface area contributed by atoms with Crippen LogP contribution in [0.1, 0.15) is 30.6 Å². The van der Waals surface area contributed by atoms with Crippen molar-refractivity contribution in [1.82, 2.24) is 4.90 Å². The minimum Gasteiger partial charge on any atom is -0.497 e. The molecule has 1 aromatic rings. The minimum atomic E-state index is -0.571. The van der Waals surface area contributed by atoms with Crippen LogP contribution in [0.2, 0.25) is 0 Å². The summed E-state index contributed by atoms with van der Waals surface area (Å²) in [4.78, 5) is 26.2. The van der Waals surface area contributed by atoms with Crippen LogP contribution in [0.4, 0.5) is 0 Å². The van der Waals surface area contributed by atoms with Crippen molar-refractivity contribution in [2.24, 2.45) is 11.8 Å². The Balaban J connectivity index is 1.96. The van der Waals surface area contributed by atoms with E-state index in [9.17, 15) is 9.59 Å². The number of benzene rings is 1. The minimum absolute atomic E-state index is 0.156. The molecule has 2 rings (SSSR count). The molecule has 1 fully saturated rings. The number of rotatable bonds is 5. The van der Waals surface area contributed by atoms with Crippen LogP contribution in [0.5, 0.6) is 11.5 Å². The number of carbonyl (C=O) groups excluding carboxylic acids is 2. The Bertz CT molecular complexity index is 569. The van der Waals surface area contributed by atoms with E-state index in [0.29, 0.717) is 42.0 Å². The first kappa shape index (κ1) is 18.1. The number of amides is 1. The van der Waals surface area contributed by atoms with Gasteiger partial charge in [-0.2, -0.15) is 0 Å². The smallest absolute Gasteiger partial charge is 0.338 e. The maximum Gasteiger partial charge on any atom is 0.338 e. The molecule has 1 aliphatic rings. The molecular weight excluding hydrogens is 310 g/mol. The van der Waals surface area contributed by atoms with Crippen LogP contribution in [0.15, 0.2) is 18.2 Å². The highest BCUT2D eigenvalue weighted by Crippen LogP contribution is 2.23. The Kier molecular flexibility index (Phi) is 6.06. The van der Waals surface area contributed by atoms with Crippen molar-refractivity contribution in [3.63, 3.8) is 0 Å².